The van der Waals surface area contributed by atoms with Gasteiger partial charge in [0.2, 0.25) is 0 Å². The molecule has 0 N–H and O–H groups in total. The first-order valence-electron chi connectivity index (χ1n) is 10.0. The minimum absolute atomic E-state index is 0.326. The minimum atomic E-state index is 0.326. The number of carbonyl (C=O) groups excluding carboxylic acids is 1. The van der Waals surface area contributed by atoms with Crippen LogP contribution in [0.3, 0.4) is 0 Å². The fraction of sp³-hybridized carbons (Fsp3) is 0.458. The van der Waals surface area contributed by atoms with E-state index in [-0.39, 0.29) is 0 Å². The molecular formula is C24H28O. The highest BCUT2D eigenvalue weighted by Crippen LogP contribution is 2.40. The first kappa shape index (κ1) is 16.6. The molecule has 2 aromatic carbocycles. The van der Waals surface area contributed by atoms with E-state index < -0.39 is 0 Å². The lowest BCUT2D eigenvalue weighted by Gasteiger charge is -2.29. The van der Waals surface area contributed by atoms with Crippen LogP contribution in [0, 0.1) is 5.92 Å². The number of carbonyl (C=O) groups is 1. The van der Waals surface area contributed by atoms with Gasteiger partial charge in [0.1, 0.15) is 0 Å². The minimum Gasteiger partial charge on any atom is -0.294 e. The Morgan fingerprint density at radius 3 is 2.72 bits per heavy atom. The van der Waals surface area contributed by atoms with Crippen molar-refractivity contribution in [1.82, 2.24) is 0 Å². The van der Waals surface area contributed by atoms with Crippen molar-refractivity contribution in [2.45, 2.75) is 64.7 Å². The molecular weight excluding hydrogens is 304 g/mol. The van der Waals surface area contributed by atoms with Crippen LogP contribution in [0.25, 0.3) is 11.1 Å². The number of ketones is 1. The monoisotopic (exact) mass is 332 g/mol. The van der Waals surface area contributed by atoms with Gasteiger partial charge in [0.15, 0.2) is 5.78 Å². The first-order valence-corrected chi connectivity index (χ1v) is 10.0. The summed E-state index contributed by atoms with van der Waals surface area (Å²) in [5, 5.41) is 0. The summed E-state index contributed by atoms with van der Waals surface area (Å²) < 4.78 is 0. The van der Waals surface area contributed by atoms with Gasteiger partial charge in [-0.2, -0.15) is 0 Å². The second-order valence-electron chi connectivity index (χ2n) is 7.84. The Morgan fingerprint density at radius 2 is 1.84 bits per heavy atom. The average molecular weight is 332 g/mol. The molecule has 0 saturated carbocycles. The highest BCUT2D eigenvalue weighted by molar-refractivity contribution is 6.08. The van der Waals surface area contributed by atoms with Crippen LogP contribution in [0.5, 0.6) is 0 Å². The zero-order chi connectivity index (χ0) is 17.2. The molecule has 130 valence electrons. The molecule has 4 rings (SSSR count). The van der Waals surface area contributed by atoms with Crippen molar-refractivity contribution in [3.63, 3.8) is 0 Å². The second kappa shape index (κ2) is 7.15. The summed E-state index contributed by atoms with van der Waals surface area (Å²) in [6.45, 7) is 2.27. The Kier molecular flexibility index (Phi) is 4.74. The van der Waals surface area contributed by atoms with Crippen LogP contribution in [0.2, 0.25) is 0 Å². The summed E-state index contributed by atoms with van der Waals surface area (Å²) in [6, 6.07) is 12.9. The van der Waals surface area contributed by atoms with Crippen molar-refractivity contribution in [2.75, 3.05) is 0 Å². The zero-order valence-electron chi connectivity index (χ0n) is 15.3. The number of hydrogen-bond acceptors (Lipinski definition) is 1. The molecule has 2 aliphatic rings. The topological polar surface area (TPSA) is 17.1 Å². The van der Waals surface area contributed by atoms with Gasteiger partial charge < -0.3 is 0 Å². The van der Waals surface area contributed by atoms with Gasteiger partial charge in [0.25, 0.3) is 0 Å². The molecule has 0 radical (unpaired) electrons. The van der Waals surface area contributed by atoms with E-state index in [0.717, 1.165) is 17.9 Å². The fourth-order valence-corrected chi connectivity index (χ4v) is 4.78. The largest absolute Gasteiger partial charge is 0.294 e. The summed E-state index contributed by atoms with van der Waals surface area (Å²) in [7, 11) is 0. The molecule has 0 heterocycles. The Morgan fingerprint density at radius 1 is 0.960 bits per heavy atom. The van der Waals surface area contributed by atoms with E-state index in [1.165, 1.54) is 72.8 Å². The molecule has 0 aliphatic heterocycles. The van der Waals surface area contributed by atoms with Gasteiger partial charge in [-0.15, -0.1) is 0 Å². The van der Waals surface area contributed by atoms with Gasteiger partial charge in [-0.25, -0.2) is 0 Å². The standard InChI is InChI=1S/C24H28O/c1-2-3-4-5-8-17-11-13-21-19(15-17)12-14-22-20-10-7-6-9-18(20)16-23(25)24(21)22/h6-7,9-10,12,14,17H,2-5,8,11,13,15-16H2,1H3. The smallest absolute Gasteiger partial charge is 0.168 e. The molecule has 2 aliphatic carbocycles. The van der Waals surface area contributed by atoms with E-state index in [2.05, 4.69) is 37.3 Å². The van der Waals surface area contributed by atoms with E-state index in [1.54, 1.807) is 0 Å². The van der Waals surface area contributed by atoms with Crippen LogP contribution in [0.15, 0.2) is 36.4 Å². The van der Waals surface area contributed by atoms with Gasteiger partial charge >= 0.3 is 0 Å². The highest BCUT2D eigenvalue weighted by Gasteiger charge is 2.29. The van der Waals surface area contributed by atoms with E-state index in [9.17, 15) is 4.79 Å². The Hall–Kier alpha value is -1.89. The Balaban J connectivity index is 1.60. The highest BCUT2D eigenvalue weighted by atomic mass is 16.1. The summed E-state index contributed by atoms with van der Waals surface area (Å²) in [5.41, 5.74) is 7.47. The van der Waals surface area contributed by atoms with Crippen LogP contribution in [-0.2, 0) is 19.3 Å². The second-order valence-corrected chi connectivity index (χ2v) is 7.84. The molecule has 0 spiro atoms. The Bertz CT molecular complexity index is 787. The lowest BCUT2D eigenvalue weighted by atomic mass is 9.74. The van der Waals surface area contributed by atoms with Gasteiger partial charge in [0, 0.05) is 12.0 Å². The number of hydrogen-bond donors (Lipinski definition) is 0. The molecule has 0 saturated heterocycles. The number of rotatable bonds is 5. The summed E-state index contributed by atoms with van der Waals surface area (Å²) in [6.07, 6.45) is 10.9. The number of benzene rings is 2. The third kappa shape index (κ3) is 3.17. The van der Waals surface area contributed by atoms with Crippen LogP contribution in [-0.4, -0.2) is 5.78 Å². The average Bonchev–Trinajstić information content (AvgIpc) is 2.64. The molecule has 1 atom stereocenters. The van der Waals surface area contributed by atoms with Gasteiger partial charge in [0.05, 0.1) is 0 Å². The molecule has 0 fully saturated rings. The normalized spacial score (nSPS) is 18.4. The third-order valence-corrected chi connectivity index (χ3v) is 6.12. The molecule has 1 unspecified atom stereocenters. The maximum Gasteiger partial charge on any atom is 0.168 e. The van der Waals surface area contributed by atoms with E-state index in [0.29, 0.717) is 12.2 Å². The summed E-state index contributed by atoms with van der Waals surface area (Å²) >= 11 is 0. The maximum atomic E-state index is 12.8. The van der Waals surface area contributed by atoms with Gasteiger partial charge in [-0.3, -0.25) is 4.79 Å². The van der Waals surface area contributed by atoms with Crippen molar-refractivity contribution in [2.24, 2.45) is 5.92 Å². The van der Waals surface area contributed by atoms with Crippen LogP contribution < -0.4 is 0 Å². The summed E-state index contributed by atoms with van der Waals surface area (Å²) in [5.74, 6) is 1.14. The number of unbranched alkanes of at least 4 members (excludes halogenated alkanes) is 3. The molecule has 1 nitrogen and oxygen atoms in total. The predicted octanol–water partition coefficient (Wildman–Crippen LogP) is 6.17. The quantitative estimate of drug-likeness (QED) is 0.599. The van der Waals surface area contributed by atoms with Crippen molar-refractivity contribution in [1.29, 1.82) is 0 Å². The molecule has 0 amide bonds. The molecule has 2 aromatic rings. The SMILES string of the molecule is CCCCCCC1CCc2c(ccc3c2C(=O)Cc2ccccc2-3)C1. The van der Waals surface area contributed by atoms with E-state index >= 15 is 0 Å². The van der Waals surface area contributed by atoms with Crippen LogP contribution in [0.1, 0.15) is 72.5 Å². The van der Waals surface area contributed by atoms with Crippen molar-refractivity contribution in [3.8, 4) is 11.1 Å². The van der Waals surface area contributed by atoms with Crippen LogP contribution >= 0.6 is 0 Å². The zero-order valence-corrected chi connectivity index (χ0v) is 15.3. The van der Waals surface area contributed by atoms with Crippen molar-refractivity contribution < 1.29 is 4.79 Å². The number of fused-ring (bicyclic) bond motifs is 5. The fourth-order valence-electron chi connectivity index (χ4n) is 4.78. The lowest BCUT2D eigenvalue weighted by molar-refractivity contribution is 0.0990. The van der Waals surface area contributed by atoms with Crippen LogP contribution in [0.4, 0.5) is 0 Å². The third-order valence-electron chi connectivity index (χ3n) is 6.12. The Labute approximate surface area is 151 Å². The lowest BCUT2D eigenvalue weighted by Crippen LogP contribution is -2.21. The van der Waals surface area contributed by atoms with Crippen molar-refractivity contribution in [3.05, 3.63) is 58.7 Å². The van der Waals surface area contributed by atoms with E-state index in [1.807, 2.05) is 6.07 Å². The molecule has 0 bridgehead atoms. The van der Waals surface area contributed by atoms with Gasteiger partial charge in [-0.1, -0.05) is 75.4 Å². The summed E-state index contributed by atoms with van der Waals surface area (Å²) in [4.78, 5) is 12.8. The molecule has 25 heavy (non-hydrogen) atoms. The maximum absolute atomic E-state index is 12.8. The molecule has 0 aromatic heterocycles. The van der Waals surface area contributed by atoms with E-state index in [4.69, 9.17) is 0 Å². The first-order chi connectivity index (χ1) is 12.3. The number of Topliss-reactive ketones (excluding diaryl/α,β-unsaturated/α-hetero) is 1. The predicted molar refractivity (Wildman–Crippen MR) is 104 cm³/mol. The van der Waals surface area contributed by atoms with Gasteiger partial charge in [-0.05, 0) is 53.0 Å². The molecule has 1 heteroatoms. The van der Waals surface area contributed by atoms with Crippen molar-refractivity contribution >= 4 is 5.78 Å².